The number of nitrogens with zero attached hydrogens (tertiary/aromatic N) is 1. The zero-order valence-corrected chi connectivity index (χ0v) is 17.6. The summed E-state index contributed by atoms with van der Waals surface area (Å²) >= 11 is 6.06. The third-order valence-electron chi connectivity index (χ3n) is 5.13. The molecule has 30 heavy (non-hydrogen) atoms. The number of carbonyl (C=O) groups excluding carboxylic acids is 1. The average Bonchev–Trinajstić information content (AvgIpc) is 3.16. The lowest BCUT2D eigenvalue weighted by Crippen LogP contribution is -2.29. The van der Waals surface area contributed by atoms with Gasteiger partial charge in [-0.15, -0.1) is 0 Å². The second kappa shape index (κ2) is 7.74. The Labute approximate surface area is 179 Å². The first-order valence-corrected chi connectivity index (χ1v) is 11.1. The molecule has 0 radical (unpaired) electrons. The van der Waals surface area contributed by atoms with Gasteiger partial charge in [0.2, 0.25) is 0 Å². The fourth-order valence-electron chi connectivity index (χ4n) is 3.46. The number of rotatable bonds is 4. The number of halogens is 2. The molecule has 8 heteroatoms. The van der Waals surface area contributed by atoms with Crippen LogP contribution in [0.5, 0.6) is 0 Å². The minimum absolute atomic E-state index is 0.145. The van der Waals surface area contributed by atoms with Crippen LogP contribution in [0.4, 0.5) is 15.8 Å². The molecule has 1 heterocycles. The lowest BCUT2D eigenvalue weighted by Gasteiger charge is -2.20. The van der Waals surface area contributed by atoms with Crippen molar-refractivity contribution in [1.29, 1.82) is 0 Å². The summed E-state index contributed by atoms with van der Waals surface area (Å²) in [6.45, 7) is 2.02. The van der Waals surface area contributed by atoms with Crippen LogP contribution in [0.3, 0.4) is 0 Å². The highest BCUT2D eigenvalue weighted by atomic mass is 35.5. The van der Waals surface area contributed by atoms with Gasteiger partial charge in [-0.3, -0.25) is 9.10 Å². The van der Waals surface area contributed by atoms with Crippen LogP contribution in [-0.4, -0.2) is 20.9 Å². The van der Waals surface area contributed by atoms with Gasteiger partial charge in [-0.25, -0.2) is 12.8 Å². The van der Waals surface area contributed by atoms with E-state index in [0.29, 0.717) is 34.9 Å². The Balaban J connectivity index is 1.68. The number of hydrogen-bond acceptors (Lipinski definition) is 3. The van der Waals surface area contributed by atoms with Crippen LogP contribution in [-0.2, 0) is 16.4 Å². The molecule has 0 spiro atoms. The number of benzene rings is 3. The normalized spacial score (nSPS) is 13.2. The molecule has 0 aliphatic carbocycles. The predicted molar refractivity (Wildman–Crippen MR) is 115 cm³/mol. The maximum Gasteiger partial charge on any atom is 0.264 e. The van der Waals surface area contributed by atoms with Crippen molar-refractivity contribution in [3.05, 3.63) is 88.2 Å². The highest BCUT2D eigenvalue weighted by Gasteiger charge is 2.31. The minimum Gasteiger partial charge on any atom is -0.322 e. The summed E-state index contributed by atoms with van der Waals surface area (Å²) in [7, 11) is -3.95. The quantitative estimate of drug-likeness (QED) is 0.629. The summed E-state index contributed by atoms with van der Waals surface area (Å²) in [6.07, 6.45) is 0.595. The molecule has 0 bridgehead atoms. The zero-order valence-electron chi connectivity index (χ0n) is 16.0. The van der Waals surface area contributed by atoms with Crippen LogP contribution in [0, 0.1) is 12.7 Å². The summed E-state index contributed by atoms with van der Waals surface area (Å²) in [6, 6.07) is 15.4. The molecule has 3 aromatic carbocycles. The van der Waals surface area contributed by atoms with E-state index in [-0.39, 0.29) is 10.5 Å². The molecule has 0 aromatic heterocycles. The molecule has 0 saturated carbocycles. The first kappa shape index (κ1) is 20.4. The van der Waals surface area contributed by atoms with Gasteiger partial charge in [0.05, 0.1) is 16.1 Å². The Bertz CT molecular complexity index is 1260. The van der Waals surface area contributed by atoms with E-state index < -0.39 is 21.7 Å². The van der Waals surface area contributed by atoms with Gasteiger partial charge in [-0.05, 0) is 60.9 Å². The molecular formula is C22H18ClFN2O3S. The zero-order chi connectivity index (χ0) is 21.5. The number of hydrogen-bond donors (Lipinski definition) is 1. The molecule has 3 aromatic rings. The molecule has 0 atom stereocenters. The van der Waals surface area contributed by atoms with Gasteiger partial charge in [0.15, 0.2) is 0 Å². The molecule has 1 N–H and O–H groups in total. The largest absolute Gasteiger partial charge is 0.322 e. The third-order valence-corrected chi connectivity index (χ3v) is 7.35. The summed E-state index contributed by atoms with van der Waals surface area (Å²) in [4.78, 5) is 12.5. The van der Waals surface area contributed by atoms with E-state index in [4.69, 9.17) is 11.6 Å². The lowest BCUT2D eigenvalue weighted by atomic mass is 10.1. The summed E-state index contributed by atoms with van der Waals surface area (Å²) < 4.78 is 42.1. The maximum atomic E-state index is 14.4. The molecule has 5 nitrogen and oxygen atoms in total. The van der Waals surface area contributed by atoms with Gasteiger partial charge >= 0.3 is 0 Å². The van der Waals surface area contributed by atoms with Crippen LogP contribution in [0.25, 0.3) is 0 Å². The molecule has 4 rings (SSSR count). The van der Waals surface area contributed by atoms with Crippen LogP contribution >= 0.6 is 11.6 Å². The molecule has 1 aliphatic rings. The van der Waals surface area contributed by atoms with E-state index in [1.54, 1.807) is 37.3 Å². The molecule has 0 fully saturated rings. The van der Waals surface area contributed by atoms with Gasteiger partial charge in [0, 0.05) is 17.3 Å². The van der Waals surface area contributed by atoms with E-state index in [0.717, 1.165) is 17.7 Å². The van der Waals surface area contributed by atoms with Crippen molar-refractivity contribution >= 4 is 38.9 Å². The number of anilines is 2. The Hall–Kier alpha value is -2.90. The SMILES string of the molecule is Cc1c(Cl)cccc1NC(=O)c1cc(S(=O)(=O)N2CCc3ccccc32)ccc1F. The van der Waals surface area contributed by atoms with Gasteiger partial charge in [-0.2, -0.15) is 0 Å². The summed E-state index contributed by atoms with van der Waals surface area (Å²) in [5, 5.41) is 3.06. The van der Waals surface area contributed by atoms with Crippen molar-refractivity contribution in [2.75, 3.05) is 16.2 Å². The summed E-state index contributed by atoms with van der Waals surface area (Å²) in [5.41, 5.74) is 2.22. The average molecular weight is 445 g/mol. The van der Waals surface area contributed by atoms with Gasteiger partial charge in [0.1, 0.15) is 5.82 Å². The Morgan fingerprint density at radius 1 is 1.10 bits per heavy atom. The number of fused-ring (bicyclic) bond motifs is 1. The molecule has 1 aliphatic heterocycles. The molecular weight excluding hydrogens is 427 g/mol. The first-order chi connectivity index (χ1) is 14.3. The second-order valence-corrected chi connectivity index (χ2v) is 9.23. The fraction of sp³-hybridized carbons (Fsp3) is 0.136. The van der Waals surface area contributed by atoms with Crippen LogP contribution in [0.2, 0.25) is 5.02 Å². The van der Waals surface area contributed by atoms with Crippen molar-refractivity contribution < 1.29 is 17.6 Å². The van der Waals surface area contributed by atoms with Crippen LogP contribution in [0.1, 0.15) is 21.5 Å². The van der Waals surface area contributed by atoms with E-state index in [2.05, 4.69) is 5.32 Å². The monoisotopic (exact) mass is 444 g/mol. The number of amides is 1. The Morgan fingerprint density at radius 2 is 1.87 bits per heavy atom. The third kappa shape index (κ3) is 3.55. The number of carbonyl (C=O) groups is 1. The number of nitrogens with one attached hydrogen (secondary N) is 1. The van der Waals surface area contributed by atoms with Gasteiger partial charge in [0.25, 0.3) is 15.9 Å². The molecule has 1 amide bonds. The van der Waals surface area contributed by atoms with Gasteiger partial charge < -0.3 is 5.32 Å². The van der Waals surface area contributed by atoms with E-state index in [1.165, 1.54) is 10.4 Å². The standard InChI is InChI=1S/C22H18ClFN2O3S/c1-14-18(23)6-4-7-20(14)25-22(27)17-13-16(9-10-19(17)24)30(28,29)26-12-11-15-5-2-3-8-21(15)26/h2-10,13H,11-12H2,1H3,(H,25,27). The van der Waals surface area contributed by atoms with Crippen molar-refractivity contribution in [3.8, 4) is 0 Å². The molecule has 0 unspecified atom stereocenters. The number of sulfonamides is 1. The van der Waals surface area contributed by atoms with Crippen LogP contribution in [0.15, 0.2) is 65.6 Å². The summed E-state index contributed by atoms with van der Waals surface area (Å²) in [5.74, 6) is -1.57. The second-order valence-electron chi connectivity index (χ2n) is 6.96. The fourth-order valence-corrected chi connectivity index (χ4v) is 5.16. The van der Waals surface area contributed by atoms with Crippen molar-refractivity contribution in [1.82, 2.24) is 0 Å². The Kier molecular flexibility index (Phi) is 5.26. The maximum absolute atomic E-state index is 14.4. The van der Waals surface area contributed by atoms with E-state index in [1.807, 2.05) is 12.1 Å². The lowest BCUT2D eigenvalue weighted by molar-refractivity contribution is 0.102. The molecule has 154 valence electrons. The minimum atomic E-state index is -3.95. The van der Waals surface area contributed by atoms with E-state index in [9.17, 15) is 17.6 Å². The molecule has 0 saturated heterocycles. The highest BCUT2D eigenvalue weighted by Crippen LogP contribution is 2.33. The van der Waals surface area contributed by atoms with E-state index >= 15 is 0 Å². The van der Waals surface area contributed by atoms with Crippen LogP contribution < -0.4 is 9.62 Å². The predicted octanol–water partition coefficient (Wildman–Crippen LogP) is 4.79. The highest BCUT2D eigenvalue weighted by molar-refractivity contribution is 7.92. The van der Waals surface area contributed by atoms with Crippen molar-refractivity contribution in [3.63, 3.8) is 0 Å². The van der Waals surface area contributed by atoms with Crippen molar-refractivity contribution in [2.24, 2.45) is 0 Å². The number of para-hydroxylation sites is 1. The Morgan fingerprint density at radius 3 is 2.67 bits per heavy atom. The van der Waals surface area contributed by atoms with Crippen molar-refractivity contribution in [2.45, 2.75) is 18.2 Å². The first-order valence-electron chi connectivity index (χ1n) is 9.25. The smallest absolute Gasteiger partial charge is 0.264 e. The van der Waals surface area contributed by atoms with Gasteiger partial charge in [-0.1, -0.05) is 35.9 Å². The topological polar surface area (TPSA) is 66.5 Å².